The smallest absolute Gasteiger partial charge is 0.161 e. The van der Waals surface area contributed by atoms with Gasteiger partial charge in [0, 0.05) is 44.9 Å². The molecule has 0 spiro atoms. The molecule has 322 valence electrons. The van der Waals surface area contributed by atoms with Crippen LogP contribution in [0.4, 0.5) is 0 Å². The first-order chi connectivity index (χ1) is 33.1. The summed E-state index contributed by atoms with van der Waals surface area (Å²) in [6.07, 6.45) is 18.1. The topological polar surface area (TPSA) is 90.2 Å². The third kappa shape index (κ3) is 8.58. The van der Waals surface area contributed by atoms with Crippen LogP contribution in [0.1, 0.15) is 54.1 Å². The molecule has 0 radical (unpaired) electrons. The highest BCUT2D eigenvalue weighted by molar-refractivity contribution is 6.15. The molecule has 0 saturated carbocycles. The molecule has 0 bridgehead atoms. The minimum absolute atomic E-state index is 0.208. The van der Waals surface area contributed by atoms with Crippen LogP contribution in [0.3, 0.4) is 0 Å². The lowest BCUT2D eigenvalue weighted by Crippen LogP contribution is -2.33. The summed E-state index contributed by atoms with van der Waals surface area (Å²) in [5, 5.41) is 14.8. The van der Waals surface area contributed by atoms with E-state index in [-0.39, 0.29) is 12.0 Å². The zero-order valence-electron chi connectivity index (χ0n) is 36.9. The van der Waals surface area contributed by atoms with Gasteiger partial charge in [-0.05, 0) is 83.3 Å². The Morgan fingerprint density at radius 1 is 0.612 bits per heavy atom. The number of para-hydroxylation sites is 2. The number of aromatic nitrogens is 1. The van der Waals surface area contributed by atoms with Crippen LogP contribution in [0.5, 0.6) is 0 Å². The van der Waals surface area contributed by atoms with Crippen molar-refractivity contribution in [2.75, 3.05) is 0 Å². The van der Waals surface area contributed by atoms with E-state index in [1.54, 1.807) is 0 Å². The van der Waals surface area contributed by atoms with E-state index in [4.69, 9.17) is 25.4 Å². The van der Waals surface area contributed by atoms with Crippen molar-refractivity contribution in [2.24, 2.45) is 20.0 Å². The molecule has 7 aromatic carbocycles. The van der Waals surface area contributed by atoms with Gasteiger partial charge < -0.3 is 9.88 Å². The summed E-state index contributed by atoms with van der Waals surface area (Å²) in [5.41, 5.74) is 13.6. The Labute approximate surface area is 390 Å². The number of rotatable bonds is 9. The predicted molar refractivity (Wildman–Crippen MR) is 279 cm³/mol. The van der Waals surface area contributed by atoms with Gasteiger partial charge in [0.25, 0.3) is 0 Å². The fraction of sp³-hybridized carbons (Fsp3) is 0.0833. The molecule has 0 amide bonds. The number of nitrogens with one attached hydrogen (secondary N) is 2. The van der Waals surface area contributed by atoms with Crippen molar-refractivity contribution in [3.63, 3.8) is 0 Å². The van der Waals surface area contributed by atoms with Crippen molar-refractivity contribution in [1.82, 2.24) is 9.88 Å². The van der Waals surface area contributed by atoms with E-state index in [0.717, 1.165) is 110 Å². The highest BCUT2D eigenvalue weighted by Gasteiger charge is 2.23. The van der Waals surface area contributed by atoms with Crippen LogP contribution >= 0.6 is 0 Å². The monoisotopic (exact) mass is 865 g/mol. The first-order valence-electron chi connectivity index (χ1n) is 23.0. The molecular weight excluding hydrogens is 819 g/mol. The van der Waals surface area contributed by atoms with Crippen LogP contribution in [-0.2, 0) is 0 Å². The first-order valence-corrected chi connectivity index (χ1v) is 23.0. The zero-order chi connectivity index (χ0) is 44.9. The van der Waals surface area contributed by atoms with E-state index < -0.39 is 0 Å². The Balaban J connectivity index is 0.968. The van der Waals surface area contributed by atoms with E-state index in [1.165, 1.54) is 10.8 Å². The Hall–Kier alpha value is -8.55. The number of nitrogens with zero attached hydrogens (tertiary/aromatic N) is 5. The summed E-state index contributed by atoms with van der Waals surface area (Å²) < 4.78 is 2.37. The molecule has 1 aliphatic heterocycles. The van der Waals surface area contributed by atoms with Gasteiger partial charge >= 0.3 is 0 Å². The van der Waals surface area contributed by atoms with Crippen LogP contribution in [0.25, 0.3) is 49.7 Å². The van der Waals surface area contributed by atoms with Crippen molar-refractivity contribution < 1.29 is 0 Å². The average molecular weight is 866 g/mol. The van der Waals surface area contributed by atoms with Gasteiger partial charge in [0.15, 0.2) is 17.5 Å². The summed E-state index contributed by atoms with van der Waals surface area (Å²) >= 11 is 0. The molecule has 2 N–H and O–H groups in total. The zero-order valence-corrected chi connectivity index (χ0v) is 36.9. The van der Waals surface area contributed by atoms with Gasteiger partial charge in [0.05, 0.1) is 11.0 Å². The second-order valence-electron chi connectivity index (χ2n) is 16.9. The number of hydrogen-bond donors (Lipinski definition) is 2. The summed E-state index contributed by atoms with van der Waals surface area (Å²) in [4.78, 5) is 19.7. The van der Waals surface area contributed by atoms with Gasteiger partial charge in [0.1, 0.15) is 12.0 Å². The summed E-state index contributed by atoms with van der Waals surface area (Å²) in [6.45, 7) is 0. The Kier molecular flexibility index (Phi) is 11.4. The number of amidine groups is 4. The lowest BCUT2D eigenvalue weighted by molar-refractivity contribution is 0.674. The fourth-order valence-electron chi connectivity index (χ4n) is 9.08. The maximum atomic E-state index is 8.75. The van der Waals surface area contributed by atoms with Crippen molar-refractivity contribution in [3.8, 4) is 27.9 Å². The second-order valence-corrected chi connectivity index (χ2v) is 16.9. The number of fused-ring (bicyclic) bond motifs is 3. The fourth-order valence-corrected chi connectivity index (χ4v) is 9.08. The maximum Gasteiger partial charge on any atom is 0.161 e. The van der Waals surface area contributed by atoms with E-state index in [1.807, 2.05) is 60.8 Å². The van der Waals surface area contributed by atoms with Crippen LogP contribution in [0, 0.1) is 5.41 Å². The van der Waals surface area contributed by atoms with Gasteiger partial charge in [0.2, 0.25) is 0 Å². The van der Waals surface area contributed by atoms with Crippen molar-refractivity contribution in [1.29, 1.82) is 5.41 Å². The number of benzene rings is 7. The quantitative estimate of drug-likeness (QED) is 0.110. The molecular formula is C60H47N7. The SMILES string of the molecule is N=C(/N=C(\N=C\c1ccc(-c2ccc(-n3c4ccccc4c4ccccc43)cc2-c2ccc(C3N=C(C4=CCCC=C4)N=C(c4ccccc4)N3)cc2)cc1)c1ccccc1)C1=CCCC=C1. The van der Waals surface area contributed by atoms with Gasteiger partial charge in [-0.1, -0.05) is 188 Å². The van der Waals surface area contributed by atoms with Gasteiger partial charge in [-0.2, -0.15) is 0 Å². The lowest BCUT2D eigenvalue weighted by atomic mass is 9.92. The maximum absolute atomic E-state index is 8.75. The summed E-state index contributed by atoms with van der Waals surface area (Å²) in [7, 11) is 0. The number of allylic oxidation sites excluding steroid dienone is 4. The molecule has 0 fully saturated rings. The second kappa shape index (κ2) is 18.5. The van der Waals surface area contributed by atoms with E-state index in [0.29, 0.717) is 5.84 Å². The lowest BCUT2D eigenvalue weighted by Gasteiger charge is -2.24. The Morgan fingerprint density at radius 2 is 1.25 bits per heavy atom. The normalized spacial score (nSPS) is 16.1. The standard InChI is InChI=1S/C60H47N7/c61-56(44-17-5-1-6-18-44)63-57(45-19-7-2-8-20-45)62-40-41-29-31-42(32-30-41)50-38-37-49(67-54-27-15-13-25-51(54)52-26-14-16-28-55(52)67)39-53(50)43-33-35-48(36-34-43)60-65-58(46-21-9-3-10-22-46)64-59(66-60)47-23-11-4-12-24-47/h2-3,5,7-11,13-40,60-61H,1,4,6,12H2,(H,64,65,66)/b61-56?,62-40+,63-57-. The number of aliphatic imine (C=N–C) groups is 4. The molecule has 0 saturated heterocycles. The molecule has 1 aromatic heterocycles. The third-order valence-electron chi connectivity index (χ3n) is 12.5. The molecule has 11 rings (SSSR count). The largest absolute Gasteiger partial charge is 0.344 e. The van der Waals surface area contributed by atoms with Gasteiger partial charge in [-0.25, -0.2) is 20.0 Å². The van der Waals surface area contributed by atoms with Crippen LogP contribution in [0.2, 0.25) is 0 Å². The summed E-state index contributed by atoms with van der Waals surface area (Å²) in [6, 6.07) is 61.6. The average Bonchev–Trinajstić information content (AvgIpc) is 3.75. The summed E-state index contributed by atoms with van der Waals surface area (Å²) in [5.74, 6) is 2.26. The molecule has 1 unspecified atom stereocenters. The highest BCUT2D eigenvalue weighted by atomic mass is 15.2. The van der Waals surface area contributed by atoms with Crippen LogP contribution in [0.15, 0.2) is 243 Å². The molecule has 8 aromatic rings. The first kappa shape index (κ1) is 41.2. The predicted octanol–water partition coefficient (Wildman–Crippen LogP) is 14.0. The molecule has 2 heterocycles. The van der Waals surface area contributed by atoms with Gasteiger partial charge in [-0.15, -0.1) is 0 Å². The highest BCUT2D eigenvalue weighted by Crippen LogP contribution is 2.38. The van der Waals surface area contributed by atoms with Crippen molar-refractivity contribution in [3.05, 3.63) is 246 Å². The molecule has 2 aliphatic carbocycles. The van der Waals surface area contributed by atoms with Gasteiger partial charge in [-0.3, -0.25) is 5.41 Å². The van der Waals surface area contributed by atoms with Crippen LogP contribution < -0.4 is 5.32 Å². The Bertz CT molecular complexity index is 3360. The molecule has 7 nitrogen and oxygen atoms in total. The molecule has 7 heteroatoms. The number of hydrogen-bond acceptors (Lipinski definition) is 4. The molecule has 67 heavy (non-hydrogen) atoms. The van der Waals surface area contributed by atoms with Crippen molar-refractivity contribution >= 4 is 51.4 Å². The van der Waals surface area contributed by atoms with E-state index >= 15 is 0 Å². The van der Waals surface area contributed by atoms with Crippen LogP contribution in [-0.4, -0.2) is 34.1 Å². The van der Waals surface area contributed by atoms with E-state index in [9.17, 15) is 0 Å². The minimum atomic E-state index is -0.315. The minimum Gasteiger partial charge on any atom is -0.344 e. The third-order valence-corrected chi connectivity index (χ3v) is 12.5. The van der Waals surface area contributed by atoms with Crippen molar-refractivity contribution in [2.45, 2.75) is 31.8 Å². The molecule has 1 atom stereocenters. The Morgan fingerprint density at radius 3 is 1.94 bits per heavy atom. The molecule has 3 aliphatic rings. The van der Waals surface area contributed by atoms with E-state index in [2.05, 4.69) is 168 Å².